The molecular weight excluding hydrogens is 192 g/mol. The van der Waals surface area contributed by atoms with Crippen LogP contribution in [-0.2, 0) is 4.79 Å². The second-order valence-corrected chi connectivity index (χ2v) is 4.15. The Hall–Kier alpha value is -0.610. The first-order valence-corrected chi connectivity index (χ1v) is 5.63. The molecule has 4 heteroatoms. The summed E-state index contributed by atoms with van der Waals surface area (Å²) in [7, 11) is 3.96. The molecule has 0 bridgehead atoms. The van der Waals surface area contributed by atoms with Gasteiger partial charge in [0.2, 0.25) is 0 Å². The van der Waals surface area contributed by atoms with E-state index in [2.05, 4.69) is 5.32 Å². The lowest BCUT2D eigenvalue weighted by molar-refractivity contribution is -0.141. The second kappa shape index (κ2) is 7.65. The van der Waals surface area contributed by atoms with Crippen LogP contribution in [0.15, 0.2) is 0 Å². The van der Waals surface area contributed by atoms with Crippen LogP contribution in [-0.4, -0.2) is 49.2 Å². The third-order valence-electron chi connectivity index (χ3n) is 2.71. The van der Waals surface area contributed by atoms with E-state index in [1.54, 1.807) is 0 Å². The lowest BCUT2D eigenvalue weighted by atomic mass is 9.94. The van der Waals surface area contributed by atoms with Crippen molar-refractivity contribution >= 4 is 5.97 Å². The highest BCUT2D eigenvalue weighted by Gasteiger charge is 2.24. The van der Waals surface area contributed by atoms with Gasteiger partial charge in [-0.15, -0.1) is 0 Å². The smallest absolute Gasteiger partial charge is 0.320 e. The Labute approximate surface area is 92.7 Å². The predicted octanol–water partition coefficient (Wildman–Crippen LogP) is 1.03. The number of aliphatic carboxylic acids is 1. The molecule has 0 saturated carbocycles. The minimum absolute atomic E-state index is 0.227. The zero-order chi connectivity index (χ0) is 11.8. The number of rotatable bonds is 8. The molecule has 1 unspecified atom stereocenters. The lowest BCUT2D eigenvalue weighted by Crippen LogP contribution is -2.44. The highest BCUT2D eigenvalue weighted by molar-refractivity contribution is 5.73. The first kappa shape index (κ1) is 14.4. The van der Waals surface area contributed by atoms with E-state index in [1.165, 1.54) is 0 Å². The normalized spacial score (nSPS) is 13.5. The fourth-order valence-electron chi connectivity index (χ4n) is 1.66. The molecule has 2 N–H and O–H groups in total. The van der Waals surface area contributed by atoms with Gasteiger partial charge in [0.15, 0.2) is 0 Å². The van der Waals surface area contributed by atoms with Gasteiger partial charge in [-0.3, -0.25) is 4.79 Å². The summed E-state index contributed by atoms with van der Waals surface area (Å²) < 4.78 is 0. The van der Waals surface area contributed by atoms with Crippen LogP contribution in [0, 0.1) is 5.92 Å². The molecule has 0 rings (SSSR count). The van der Waals surface area contributed by atoms with E-state index >= 15 is 0 Å². The summed E-state index contributed by atoms with van der Waals surface area (Å²) in [6.45, 7) is 5.67. The monoisotopic (exact) mass is 216 g/mol. The molecule has 0 heterocycles. The van der Waals surface area contributed by atoms with Crippen LogP contribution in [0.3, 0.4) is 0 Å². The standard InChI is InChI=1S/C11H24N2O2/c1-5-9(6-2)10(11(14)15)12-7-8-13(3)4/h9-10,12H,5-8H2,1-4H3,(H,14,15). The summed E-state index contributed by atoms with van der Waals surface area (Å²) in [6.07, 6.45) is 1.81. The molecule has 0 radical (unpaired) electrons. The van der Waals surface area contributed by atoms with Gasteiger partial charge in [0, 0.05) is 13.1 Å². The van der Waals surface area contributed by atoms with Crippen molar-refractivity contribution in [2.24, 2.45) is 5.92 Å². The zero-order valence-electron chi connectivity index (χ0n) is 10.3. The molecule has 0 amide bonds. The predicted molar refractivity (Wildman–Crippen MR) is 62.1 cm³/mol. The van der Waals surface area contributed by atoms with Gasteiger partial charge in [-0.25, -0.2) is 0 Å². The van der Waals surface area contributed by atoms with Crippen LogP contribution >= 0.6 is 0 Å². The quantitative estimate of drug-likeness (QED) is 0.636. The number of carboxylic acid groups (broad SMARTS) is 1. The van der Waals surface area contributed by atoms with Crippen LogP contribution in [0.25, 0.3) is 0 Å². The van der Waals surface area contributed by atoms with E-state index < -0.39 is 12.0 Å². The van der Waals surface area contributed by atoms with Crippen molar-refractivity contribution in [3.63, 3.8) is 0 Å². The van der Waals surface area contributed by atoms with Gasteiger partial charge in [0.05, 0.1) is 0 Å². The Morgan fingerprint density at radius 2 is 1.87 bits per heavy atom. The van der Waals surface area contributed by atoms with Crippen LogP contribution in [0.5, 0.6) is 0 Å². The number of nitrogens with one attached hydrogen (secondary N) is 1. The van der Waals surface area contributed by atoms with Gasteiger partial charge in [-0.2, -0.15) is 0 Å². The van der Waals surface area contributed by atoms with Crippen LogP contribution in [0.1, 0.15) is 26.7 Å². The molecular formula is C11H24N2O2. The number of likely N-dealkylation sites (N-methyl/N-ethyl adjacent to an activating group) is 1. The maximum absolute atomic E-state index is 11.1. The van der Waals surface area contributed by atoms with Crippen molar-refractivity contribution < 1.29 is 9.90 Å². The van der Waals surface area contributed by atoms with Crippen molar-refractivity contribution in [1.29, 1.82) is 0 Å². The minimum atomic E-state index is -0.734. The van der Waals surface area contributed by atoms with Crippen molar-refractivity contribution in [1.82, 2.24) is 10.2 Å². The Kier molecular flexibility index (Phi) is 7.34. The van der Waals surface area contributed by atoms with Crippen molar-refractivity contribution in [3.8, 4) is 0 Å². The molecule has 90 valence electrons. The fourth-order valence-corrected chi connectivity index (χ4v) is 1.66. The van der Waals surface area contributed by atoms with Gasteiger partial charge in [0.1, 0.15) is 6.04 Å². The highest BCUT2D eigenvalue weighted by atomic mass is 16.4. The van der Waals surface area contributed by atoms with Crippen LogP contribution in [0.4, 0.5) is 0 Å². The maximum atomic E-state index is 11.1. The first-order valence-electron chi connectivity index (χ1n) is 5.63. The minimum Gasteiger partial charge on any atom is -0.480 e. The molecule has 0 aromatic carbocycles. The fraction of sp³-hybridized carbons (Fsp3) is 0.909. The molecule has 1 atom stereocenters. The molecule has 0 spiro atoms. The van der Waals surface area contributed by atoms with E-state index in [9.17, 15) is 4.79 Å². The van der Waals surface area contributed by atoms with E-state index in [4.69, 9.17) is 5.11 Å². The summed E-state index contributed by atoms with van der Waals surface area (Å²) >= 11 is 0. The molecule has 0 aliphatic heterocycles. The topological polar surface area (TPSA) is 52.6 Å². The van der Waals surface area contributed by atoms with Gasteiger partial charge < -0.3 is 15.3 Å². The molecule has 15 heavy (non-hydrogen) atoms. The van der Waals surface area contributed by atoms with Gasteiger partial charge in [-0.05, 0) is 20.0 Å². The van der Waals surface area contributed by atoms with Crippen LogP contribution in [0.2, 0.25) is 0 Å². The van der Waals surface area contributed by atoms with E-state index in [0.717, 1.165) is 25.9 Å². The van der Waals surface area contributed by atoms with Gasteiger partial charge in [-0.1, -0.05) is 26.7 Å². The van der Waals surface area contributed by atoms with E-state index in [1.807, 2.05) is 32.8 Å². The van der Waals surface area contributed by atoms with E-state index in [0.29, 0.717) is 0 Å². The average Bonchev–Trinajstić information content (AvgIpc) is 2.16. The summed E-state index contributed by atoms with van der Waals surface area (Å²) in [4.78, 5) is 13.1. The largest absolute Gasteiger partial charge is 0.480 e. The van der Waals surface area contributed by atoms with Crippen molar-refractivity contribution in [2.75, 3.05) is 27.2 Å². The Bertz CT molecular complexity index is 179. The molecule has 0 aliphatic rings. The van der Waals surface area contributed by atoms with Crippen LogP contribution < -0.4 is 5.32 Å². The molecule has 0 saturated heterocycles. The molecule has 0 aromatic rings. The SMILES string of the molecule is CCC(CC)C(NCCN(C)C)C(=O)O. The average molecular weight is 216 g/mol. The van der Waals surface area contributed by atoms with E-state index in [-0.39, 0.29) is 5.92 Å². The number of hydrogen-bond acceptors (Lipinski definition) is 3. The second-order valence-electron chi connectivity index (χ2n) is 4.15. The van der Waals surface area contributed by atoms with Crippen molar-refractivity contribution in [3.05, 3.63) is 0 Å². The molecule has 4 nitrogen and oxygen atoms in total. The first-order chi connectivity index (χ1) is 7.02. The summed E-state index contributed by atoms with van der Waals surface area (Å²) in [6, 6.07) is -0.403. The Morgan fingerprint density at radius 3 is 2.20 bits per heavy atom. The number of carbonyl (C=O) groups is 1. The summed E-state index contributed by atoms with van der Waals surface area (Å²) in [5, 5.41) is 12.2. The number of carboxylic acids is 1. The van der Waals surface area contributed by atoms with Gasteiger partial charge in [0.25, 0.3) is 0 Å². The molecule has 0 aromatic heterocycles. The number of hydrogen-bond donors (Lipinski definition) is 2. The third-order valence-corrected chi connectivity index (χ3v) is 2.71. The molecule has 0 fully saturated rings. The highest BCUT2D eigenvalue weighted by Crippen LogP contribution is 2.13. The van der Waals surface area contributed by atoms with Gasteiger partial charge >= 0.3 is 5.97 Å². The van der Waals surface area contributed by atoms with Crippen molar-refractivity contribution in [2.45, 2.75) is 32.7 Å². The zero-order valence-corrected chi connectivity index (χ0v) is 10.3. The Morgan fingerprint density at radius 1 is 1.33 bits per heavy atom. The molecule has 0 aliphatic carbocycles. The lowest BCUT2D eigenvalue weighted by Gasteiger charge is -2.23. The Balaban J connectivity index is 4.09. The maximum Gasteiger partial charge on any atom is 0.320 e. The number of nitrogens with zero attached hydrogens (tertiary/aromatic N) is 1. The third kappa shape index (κ3) is 5.74. The summed E-state index contributed by atoms with van der Waals surface area (Å²) in [5.41, 5.74) is 0. The summed E-state index contributed by atoms with van der Waals surface area (Å²) in [5.74, 6) is -0.507.